The molecule has 0 unspecified atom stereocenters. The molecule has 2 rings (SSSR count). The monoisotopic (exact) mass is 302 g/mol. The zero-order valence-corrected chi connectivity index (χ0v) is 12.5. The third-order valence-electron chi connectivity index (χ3n) is 3.47. The van der Waals surface area contributed by atoms with Crippen LogP contribution in [0.2, 0.25) is 5.02 Å². The molecule has 0 radical (unpaired) electrons. The molecule has 1 aliphatic rings. The molecule has 0 amide bonds. The van der Waals surface area contributed by atoms with Crippen LogP contribution in [-0.4, -0.2) is 20.5 Å². The Balaban J connectivity index is 2.16. The van der Waals surface area contributed by atoms with E-state index >= 15 is 0 Å². The summed E-state index contributed by atoms with van der Waals surface area (Å²) in [7, 11) is -3.55. The SMILES string of the molecule is Cc1ccc(Cl)c(S(=O)(=O)NC2CCC(N)CC2)c1. The molecule has 1 fully saturated rings. The molecule has 0 aromatic heterocycles. The lowest BCUT2D eigenvalue weighted by Gasteiger charge is -2.26. The van der Waals surface area contributed by atoms with Crippen molar-refractivity contribution in [2.24, 2.45) is 5.73 Å². The maximum atomic E-state index is 12.3. The van der Waals surface area contributed by atoms with Crippen LogP contribution in [0.3, 0.4) is 0 Å². The minimum absolute atomic E-state index is 0.0404. The molecular formula is C13H19ClN2O2S. The quantitative estimate of drug-likeness (QED) is 0.899. The van der Waals surface area contributed by atoms with Crippen LogP contribution in [0.15, 0.2) is 23.1 Å². The van der Waals surface area contributed by atoms with Gasteiger partial charge in [-0.25, -0.2) is 13.1 Å². The lowest BCUT2D eigenvalue weighted by Crippen LogP contribution is -2.40. The van der Waals surface area contributed by atoms with E-state index in [-0.39, 0.29) is 22.0 Å². The molecule has 0 atom stereocenters. The van der Waals surface area contributed by atoms with Crippen molar-refractivity contribution >= 4 is 21.6 Å². The van der Waals surface area contributed by atoms with E-state index in [4.69, 9.17) is 17.3 Å². The highest BCUT2D eigenvalue weighted by Gasteiger charge is 2.25. The van der Waals surface area contributed by atoms with Crippen molar-refractivity contribution < 1.29 is 8.42 Å². The predicted octanol–water partition coefficient (Wildman–Crippen LogP) is 2.20. The second kappa shape index (κ2) is 5.79. The van der Waals surface area contributed by atoms with Crippen molar-refractivity contribution in [2.75, 3.05) is 0 Å². The van der Waals surface area contributed by atoms with Crippen molar-refractivity contribution in [3.8, 4) is 0 Å². The van der Waals surface area contributed by atoms with Crippen LogP contribution in [0.4, 0.5) is 0 Å². The highest BCUT2D eigenvalue weighted by atomic mass is 35.5. The Kier molecular flexibility index (Phi) is 4.50. The molecule has 0 spiro atoms. The van der Waals surface area contributed by atoms with Gasteiger partial charge in [-0.15, -0.1) is 0 Å². The zero-order valence-electron chi connectivity index (χ0n) is 10.9. The van der Waals surface area contributed by atoms with Gasteiger partial charge in [0.2, 0.25) is 10.0 Å². The summed E-state index contributed by atoms with van der Waals surface area (Å²) in [6, 6.07) is 5.16. The highest BCUT2D eigenvalue weighted by molar-refractivity contribution is 7.89. The minimum Gasteiger partial charge on any atom is -0.328 e. The summed E-state index contributed by atoms with van der Waals surface area (Å²) in [6.45, 7) is 1.84. The van der Waals surface area contributed by atoms with E-state index in [2.05, 4.69) is 4.72 Å². The molecule has 1 aliphatic carbocycles. The number of hydrogen-bond donors (Lipinski definition) is 2. The van der Waals surface area contributed by atoms with Crippen LogP contribution in [-0.2, 0) is 10.0 Å². The van der Waals surface area contributed by atoms with Crippen LogP contribution < -0.4 is 10.5 Å². The molecule has 4 nitrogen and oxygen atoms in total. The molecule has 6 heteroatoms. The molecule has 3 N–H and O–H groups in total. The lowest BCUT2D eigenvalue weighted by atomic mass is 9.93. The molecule has 0 bridgehead atoms. The predicted molar refractivity (Wildman–Crippen MR) is 76.7 cm³/mol. The van der Waals surface area contributed by atoms with Crippen LogP contribution in [0, 0.1) is 6.92 Å². The Labute approximate surface area is 119 Å². The number of nitrogens with two attached hydrogens (primary N) is 1. The summed E-state index contributed by atoms with van der Waals surface area (Å²) < 4.78 is 27.4. The van der Waals surface area contributed by atoms with Gasteiger partial charge in [-0.1, -0.05) is 17.7 Å². The smallest absolute Gasteiger partial charge is 0.242 e. The number of halogens is 1. The van der Waals surface area contributed by atoms with Crippen molar-refractivity contribution in [2.45, 2.75) is 49.6 Å². The number of sulfonamides is 1. The molecular weight excluding hydrogens is 284 g/mol. The summed E-state index contributed by atoms with van der Waals surface area (Å²) in [5, 5.41) is 0.255. The van der Waals surface area contributed by atoms with Gasteiger partial charge in [0, 0.05) is 12.1 Å². The number of aryl methyl sites for hydroxylation is 1. The second-order valence-electron chi connectivity index (χ2n) is 5.17. The van der Waals surface area contributed by atoms with Gasteiger partial charge in [0.05, 0.1) is 5.02 Å². The minimum atomic E-state index is -3.55. The fourth-order valence-corrected chi connectivity index (χ4v) is 4.23. The standard InChI is InChI=1S/C13H19ClN2O2S/c1-9-2-7-12(14)13(8-9)19(17,18)16-11-5-3-10(15)4-6-11/h2,7-8,10-11,16H,3-6,15H2,1H3. The van der Waals surface area contributed by atoms with Gasteiger partial charge in [-0.05, 0) is 50.3 Å². The third-order valence-corrected chi connectivity index (χ3v) is 5.47. The average Bonchev–Trinajstić information content (AvgIpc) is 2.35. The van der Waals surface area contributed by atoms with E-state index in [1.54, 1.807) is 18.2 Å². The maximum absolute atomic E-state index is 12.3. The van der Waals surface area contributed by atoms with Gasteiger partial charge < -0.3 is 5.73 Å². The van der Waals surface area contributed by atoms with Gasteiger partial charge in [0.15, 0.2) is 0 Å². The maximum Gasteiger partial charge on any atom is 0.242 e. The van der Waals surface area contributed by atoms with Crippen molar-refractivity contribution in [3.05, 3.63) is 28.8 Å². The van der Waals surface area contributed by atoms with Gasteiger partial charge >= 0.3 is 0 Å². The summed E-state index contributed by atoms with van der Waals surface area (Å²) in [6.07, 6.45) is 3.27. The average molecular weight is 303 g/mol. The largest absolute Gasteiger partial charge is 0.328 e. The van der Waals surface area contributed by atoms with E-state index in [9.17, 15) is 8.42 Å². The Morgan fingerprint density at radius 3 is 2.53 bits per heavy atom. The number of benzene rings is 1. The molecule has 1 aromatic rings. The molecule has 19 heavy (non-hydrogen) atoms. The van der Waals surface area contributed by atoms with E-state index in [1.807, 2.05) is 6.92 Å². The van der Waals surface area contributed by atoms with Gasteiger partial charge in [0.25, 0.3) is 0 Å². The first-order chi connectivity index (χ1) is 8.88. The van der Waals surface area contributed by atoms with Crippen LogP contribution in [0.1, 0.15) is 31.2 Å². The van der Waals surface area contributed by atoms with Crippen LogP contribution in [0.25, 0.3) is 0 Å². The molecule has 1 aromatic carbocycles. The van der Waals surface area contributed by atoms with Crippen LogP contribution in [0.5, 0.6) is 0 Å². The summed E-state index contributed by atoms with van der Waals surface area (Å²) in [5.74, 6) is 0. The van der Waals surface area contributed by atoms with Crippen molar-refractivity contribution in [1.29, 1.82) is 0 Å². The zero-order chi connectivity index (χ0) is 14.0. The van der Waals surface area contributed by atoms with Gasteiger partial charge in [-0.2, -0.15) is 0 Å². The Morgan fingerprint density at radius 1 is 1.26 bits per heavy atom. The fraction of sp³-hybridized carbons (Fsp3) is 0.538. The lowest BCUT2D eigenvalue weighted by molar-refractivity contribution is 0.373. The Morgan fingerprint density at radius 2 is 1.89 bits per heavy atom. The van der Waals surface area contributed by atoms with Gasteiger partial charge in [-0.3, -0.25) is 0 Å². The first-order valence-electron chi connectivity index (χ1n) is 6.42. The molecule has 1 saturated carbocycles. The first kappa shape index (κ1) is 14.8. The van der Waals surface area contributed by atoms with Crippen LogP contribution >= 0.6 is 11.6 Å². The fourth-order valence-electron chi connectivity index (χ4n) is 2.34. The Bertz CT molecular complexity index is 552. The van der Waals surface area contributed by atoms with E-state index in [0.29, 0.717) is 0 Å². The first-order valence-corrected chi connectivity index (χ1v) is 8.28. The molecule has 106 valence electrons. The molecule has 0 heterocycles. The number of nitrogens with one attached hydrogen (secondary N) is 1. The van der Waals surface area contributed by atoms with Gasteiger partial charge in [0.1, 0.15) is 4.90 Å². The van der Waals surface area contributed by atoms with E-state index < -0.39 is 10.0 Å². The Hall–Kier alpha value is -0.620. The number of rotatable bonds is 3. The van der Waals surface area contributed by atoms with Crippen molar-refractivity contribution in [3.63, 3.8) is 0 Å². The molecule has 0 saturated heterocycles. The third kappa shape index (κ3) is 3.69. The van der Waals surface area contributed by atoms with E-state index in [0.717, 1.165) is 31.2 Å². The summed E-state index contributed by atoms with van der Waals surface area (Å²) >= 11 is 5.98. The normalized spacial score (nSPS) is 24.4. The second-order valence-corrected chi connectivity index (χ2v) is 7.26. The summed E-state index contributed by atoms with van der Waals surface area (Å²) in [4.78, 5) is 0.157. The van der Waals surface area contributed by atoms with E-state index in [1.165, 1.54) is 0 Å². The topological polar surface area (TPSA) is 72.2 Å². The highest BCUT2D eigenvalue weighted by Crippen LogP contribution is 2.24. The summed E-state index contributed by atoms with van der Waals surface area (Å²) in [5.41, 5.74) is 6.69. The molecule has 0 aliphatic heterocycles. The van der Waals surface area contributed by atoms with Crippen molar-refractivity contribution in [1.82, 2.24) is 4.72 Å². The number of hydrogen-bond acceptors (Lipinski definition) is 3.